The van der Waals surface area contributed by atoms with Gasteiger partial charge in [-0.1, -0.05) is 32.4 Å². The predicted molar refractivity (Wildman–Crippen MR) is 77.8 cm³/mol. The molecule has 0 aliphatic carbocycles. The van der Waals surface area contributed by atoms with Crippen molar-refractivity contribution in [3.8, 4) is 0 Å². The maximum absolute atomic E-state index is 6.06. The van der Waals surface area contributed by atoms with E-state index in [4.69, 9.17) is 16.3 Å². The minimum Gasteiger partial charge on any atom is -0.378 e. The number of aromatic nitrogens is 2. The molecule has 106 valence electrons. The van der Waals surface area contributed by atoms with E-state index in [1.165, 1.54) is 0 Å². The van der Waals surface area contributed by atoms with E-state index < -0.39 is 0 Å². The molecule has 19 heavy (non-hydrogen) atoms. The molecule has 0 bridgehead atoms. The topological polar surface area (TPSA) is 47.0 Å². The number of nitrogens with one attached hydrogen (secondary N) is 1. The smallest absolute Gasteiger partial charge is 0.137 e. The molecule has 1 aliphatic heterocycles. The maximum Gasteiger partial charge on any atom is 0.137 e. The van der Waals surface area contributed by atoms with Crippen LogP contribution in [0.15, 0.2) is 6.07 Å². The lowest BCUT2D eigenvalue weighted by molar-refractivity contribution is 0.108. The van der Waals surface area contributed by atoms with E-state index in [1.54, 1.807) is 6.07 Å². The SMILES string of the molecule is CC1OCCC1CNc1cc(Cl)nc(C(C)(C)C)n1. The second-order valence-corrected chi connectivity index (χ2v) is 6.54. The molecular weight excluding hydrogens is 262 g/mol. The van der Waals surface area contributed by atoms with Crippen LogP contribution in [0.1, 0.15) is 39.9 Å². The van der Waals surface area contributed by atoms with Crippen molar-refractivity contribution in [1.82, 2.24) is 9.97 Å². The molecule has 0 aromatic carbocycles. The Bertz CT molecular complexity index is 445. The zero-order valence-corrected chi connectivity index (χ0v) is 12.8. The summed E-state index contributed by atoms with van der Waals surface area (Å²) < 4.78 is 5.56. The molecule has 0 spiro atoms. The third-order valence-electron chi connectivity index (χ3n) is 3.44. The first-order chi connectivity index (χ1) is 8.86. The van der Waals surface area contributed by atoms with Crippen LogP contribution in [0.4, 0.5) is 5.82 Å². The lowest BCUT2D eigenvalue weighted by atomic mass is 9.96. The molecule has 4 nitrogen and oxygen atoms in total. The average Bonchev–Trinajstić information content (AvgIpc) is 2.70. The fraction of sp³-hybridized carbons (Fsp3) is 0.714. The fourth-order valence-corrected chi connectivity index (χ4v) is 2.31. The van der Waals surface area contributed by atoms with Crippen LogP contribution in [0.5, 0.6) is 0 Å². The minimum atomic E-state index is -0.106. The summed E-state index contributed by atoms with van der Waals surface area (Å²) in [6.07, 6.45) is 1.41. The van der Waals surface area contributed by atoms with Crippen LogP contribution in [-0.2, 0) is 10.2 Å². The summed E-state index contributed by atoms with van der Waals surface area (Å²) in [6.45, 7) is 10.1. The van der Waals surface area contributed by atoms with Crippen LogP contribution >= 0.6 is 11.6 Å². The van der Waals surface area contributed by atoms with Crippen molar-refractivity contribution >= 4 is 17.4 Å². The Balaban J connectivity index is 2.06. The van der Waals surface area contributed by atoms with E-state index >= 15 is 0 Å². The van der Waals surface area contributed by atoms with Gasteiger partial charge in [-0.2, -0.15) is 0 Å². The molecule has 2 rings (SSSR count). The second kappa shape index (κ2) is 5.63. The van der Waals surface area contributed by atoms with E-state index in [0.717, 1.165) is 31.2 Å². The minimum absolute atomic E-state index is 0.106. The highest BCUT2D eigenvalue weighted by molar-refractivity contribution is 6.29. The molecule has 2 heterocycles. The number of anilines is 1. The van der Waals surface area contributed by atoms with Gasteiger partial charge in [0.05, 0.1) is 6.10 Å². The molecule has 0 saturated carbocycles. The van der Waals surface area contributed by atoms with Crippen molar-refractivity contribution in [2.75, 3.05) is 18.5 Å². The Morgan fingerprint density at radius 2 is 2.16 bits per heavy atom. The summed E-state index contributed by atoms with van der Waals surface area (Å²) in [6, 6.07) is 1.78. The van der Waals surface area contributed by atoms with Crippen LogP contribution in [0.2, 0.25) is 5.15 Å². The second-order valence-electron chi connectivity index (χ2n) is 6.16. The van der Waals surface area contributed by atoms with Crippen LogP contribution in [0, 0.1) is 5.92 Å². The van der Waals surface area contributed by atoms with Crippen molar-refractivity contribution in [1.29, 1.82) is 0 Å². The molecule has 2 atom stereocenters. The number of halogens is 1. The largest absolute Gasteiger partial charge is 0.378 e. The molecule has 1 aromatic rings. The molecule has 1 fully saturated rings. The van der Waals surface area contributed by atoms with Crippen LogP contribution < -0.4 is 5.32 Å². The Hall–Kier alpha value is -0.870. The van der Waals surface area contributed by atoms with Crippen molar-refractivity contribution in [3.05, 3.63) is 17.0 Å². The quantitative estimate of drug-likeness (QED) is 0.865. The third-order valence-corrected chi connectivity index (χ3v) is 3.64. The van der Waals surface area contributed by atoms with Gasteiger partial charge in [0.2, 0.25) is 0 Å². The molecule has 0 radical (unpaired) electrons. The fourth-order valence-electron chi connectivity index (χ4n) is 2.12. The molecule has 2 unspecified atom stereocenters. The first-order valence-electron chi connectivity index (χ1n) is 6.77. The van der Waals surface area contributed by atoms with Gasteiger partial charge in [-0.05, 0) is 13.3 Å². The first-order valence-corrected chi connectivity index (χ1v) is 7.14. The van der Waals surface area contributed by atoms with Crippen molar-refractivity contribution in [3.63, 3.8) is 0 Å². The van der Waals surface area contributed by atoms with Gasteiger partial charge >= 0.3 is 0 Å². The van der Waals surface area contributed by atoms with Crippen molar-refractivity contribution in [2.45, 2.75) is 45.6 Å². The summed E-state index contributed by atoms with van der Waals surface area (Å²) in [5.41, 5.74) is -0.106. The van der Waals surface area contributed by atoms with E-state index in [1.807, 2.05) is 0 Å². The zero-order valence-electron chi connectivity index (χ0n) is 12.0. The Morgan fingerprint density at radius 1 is 1.42 bits per heavy atom. The molecule has 1 N–H and O–H groups in total. The Morgan fingerprint density at radius 3 is 2.74 bits per heavy atom. The Kier molecular flexibility index (Phi) is 4.31. The van der Waals surface area contributed by atoms with Crippen LogP contribution in [0.3, 0.4) is 0 Å². The van der Waals surface area contributed by atoms with Gasteiger partial charge in [0, 0.05) is 30.6 Å². The lowest BCUT2D eigenvalue weighted by Gasteiger charge is -2.19. The number of hydrogen-bond donors (Lipinski definition) is 1. The predicted octanol–water partition coefficient (Wildman–Crippen LogP) is 3.26. The lowest BCUT2D eigenvalue weighted by Crippen LogP contribution is -2.22. The zero-order chi connectivity index (χ0) is 14.0. The molecule has 1 aromatic heterocycles. The van der Waals surface area contributed by atoms with Gasteiger partial charge in [0.15, 0.2) is 0 Å². The van der Waals surface area contributed by atoms with E-state index in [-0.39, 0.29) is 5.41 Å². The highest BCUT2D eigenvalue weighted by Gasteiger charge is 2.24. The normalized spacial score (nSPS) is 23.6. The number of rotatable bonds is 3. The molecule has 0 amide bonds. The molecule has 1 aliphatic rings. The van der Waals surface area contributed by atoms with Gasteiger partial charge in [-0.3, -0.25) is 0 Å². The van der Waals surface area contributed by atoms with E-state index in [0.29, 0.717) is 17.2 Å². The monoisotopic (exact) mass is 283 g/mol. The van der Waals surface area contributed by atoms with Gasteiger partial charge in [-0.15, -0.1) is 0 Å². The number of ether oxygens (including phenoxy) is 1. The third kappa shape index (κ3) is 3.80. The summed E-state index contributed by atoms with van der Waals surface area (Å²) in [5, 5.41) is 3.84. The van der Waals surface area contributed by atoms with Crippen molar-refractivity contribution in [2.24, 2.45) is 5.92 Å². The van der Waals surface area contributed by atoms with E-state index in [9.17, 15) is 0 Å². The highest BCUT2D eigenvalue weighted by atomic mass is 35.5. The van der Waals surface area contributed by atoms with Gasteiger partial charge < -0.3 is 10.1 Å². The molecular formula is C14H22ClN3O. The number of nitrogens with zero attached hydrogens (tertiary/aromatic N) is 2. The van der Waals surface area contributed by atoms with Gasteiger partial charge in [0.1, 0.15) is 16.8 Å². The maximum atomic E-state index is 6.06. The van der Waals surface area contributed by atoms with Crippen molar-refractivity contribution < 1.29 is 4.74 Å². The van der Waals surface area contributed by atoms with Gasteiger partial charge in [-0.25, -0.2) is 9.97 Å². The Labute approximate surface area is 119 Å². The van der Waals surface area contributed by atoms with E-state index in [2.05, 4.69) is 43.0 Å². The van der Waals surface area contributed by atoms with Gasteiger partial charge in [0.25, 0.3) is 0 Å². The summed E-state index contributed by atoms with van der Waals surface area (Å²) in [7, 11) is 0. The summed E-state index contributed by atoms with van der Waals surface area (Å²) in [5.74, 6) is 2.09. The number of hydrogen-bond acceptors (Lipinski definition) is 4. The average molecular weight is 284 g/mol. The standard InChI is InChI=1S/C14H22ClN3O/c1-9-10(5-6-19-9)8-16-12-7-11(15)17-13(18-12)14(2,3)4/h7,9-10H,5-6,8H2,1-4H3,(H,16,17,18). The first kappa shape index (κ1) is 14.5. The van der Waals surface area contributed by atoms with Crippen LogP contribution in [-0.4, -0.2) is 29.2 Å². The summed E-state index contributed by atoms with van der Waals surface area (Å²) in [4.78, 5) is 8.83. The summed E-state index contributed by atoms with van der Waals surface area (Å²) >= 11 is 6.06. The van der Waals surface area contributed by atoms with Crippen LogP contribution in [0.25, 0.3) is 0 Å². The molecule has 5 heteroatoms. The molecule has 1 saturated heterocycles. The highest BCUT2D eigenvalue weighted by Crippen LogP contribution is 2.24.